The minimum absolute atomic E-state index is 0.153. The van der Waals surface area contributed by atoms with Gasteiger partial charge in [-0.3, -0.25) is 9.59 Å². The number of benzene rings is 2. The van der Waals surface area contributed by atoms with E-state index in [1.54, 1.807) is 4.90 Å². The second-order valence-corrected chi connectivity index (χ2v) is 6.47. The molecule has 1 aliphatic rings. The number of rotatable bonds is 3. The molecule has 4 nitrogen and oxygen atoms in total. The highest BCUT2D eigenvalue weighted by Crippen LogP contribution is 2.28. The topological polar surface area (TPSA) is 49.4 Å². The van der Waals surface area contributed by atoms with Crippen LogP contribution in [-0.2, 0) is 16.0 Å². The van der Waals surface area contributed by atoms with Gasteiger partial charge in [-0.2, -0.15) is 0 Å². The molecule has 0 bridgehead atoms. The van der Waals surface area contributed by atoms with Gasteiger partial charge in [-0.25, -0.2) is 0 Å². The fraction of sp³-hybridized carbons (Fsp3) is 0.222. The number of nitrogens with one attached hydrogen (secondary N) is 1. The maximum absolute atomic E-state index is 12.4. The third-order valence-electron chi connectivity index (χ3n) is 3.96. The number of hydrogen-bond acceptors (Lipinski definition) is 2. The molecule has 0 saturated heterocycles. The molecule has 2 aromatic carbocycles. The minimum atomic E-state index is -0.296. The number of carbonyl (C=O) groups is 2. The van der Waals surface area contributed by atoms with Crippen molar-refractivity contribution in [3.8, 4) is 0 Å². The van der Waals surface area contributed by atoms with E-state index in [4.69, 9.17) is 0 Å². The second-order valence-electron chi connectivity index (χ2n) is 5.61. The van der Waals surface area contributed by atoms with Gasteiger partial charge in [0.2, 0.25) is 11.8 Å². The van der Waals surface area contributed by atoms with Crippen molar-refractivity contribution in [1.29, 1.82) is 0 Å². The molecule has 0 atom stereocenters. The second kappa shape index (κ2) is 6.54. The normalized spacial score (nSPS) is 12.9. The van der Waals surface area contributed by atoms with Gasteiger partial charge in [-0.1, -0.05) is 40.2 Å². The number of carbonyl (C=O) groups excluding carboxylic acids is 2. The van der Waals surface area contributed by atoms with Crippen LogP contribution in [0.1, 0.15) is 17.5 Å². The molecule has 1 N–H and O–H groups in total. The predicted octanol–water partition coefficient (Wildman–Crippen LogP) is 3.68. The van der Waals surface area contributed by atoms with E-state index in [1.807, 2.05) is 49.4 Å². The van der Waals surface area contributed by atoms with Gasteiger partial charge in [0.15, 0.2) is 0 Å². The molecule has 118 valence electrons. The van der Waals surface area contributed by atoms with Gasteiger partial charge < -0.3 is 10.2 Å². The molecule has 0 fully saturated rings. The number of fused-ring (bicyclic) bond motifs is 1. The largest absolute Gasteiger partial charge is 0.326 e. The standard InChI is InChI=1S/C18H17BrN2O2/c1-12-6-7-14(10-15(12)19)20-17(22)11-18(23)21-9-8-13-4-2-3-5-16(13)21/h2-7,10H,8-9,11H2,1H3,(H,20,22). The van der Waals surface area contributed by atoms with E-state index in [1.165, 1.54) is 0 Å². The first-order valence-corrected chi connectivity index (χ1v) is 8.28. The van der Waals surface area contributed by atoms with Crippen LogP contribution >= 0.6 is 15.9 Å². The van der Waals surface area contributed by atoms with Crippen molar-refractivity contribution in [1.82, 2.24) is 0 Å². The summed E-state index contributed by atoms with van der Waals surface area (Å²) in [6.45, 7) is 2.62. The lowest BCUT2D eigenvalue weighted by Crippen LogP contribution is -2.32. The van der Waals surface area contributed by atoms with E-state index in [0.29, 0.717) is 12.2 Å². The molecule has 23 heavy (non-hydrogen) atoms. The summed E-state index contributed by atoms with van der Waals surface area (Å²) < 4.78 is 0.926. The average Bonchev–Trinajstić information content (AvgIpc) is 2.95. The molecule has 0 unspecified atom stereocenters. The van der Waals surface area contributed by atoms with E-state index in [2.05, 4.69) is 21.2 Å². The Hall–Kier alpha value is -2.14. The molecule has 1 heterocycles. The van der Waals surface area contributed by atoms with Crippen LogP contribution in [0.2, 0.25) is 0 Å². The maximum Gasteiger partial charge on any atom is 0.236 e. The number of hydrogen-bond donors (Lipinski definition) is 1. The molecule has 2 aromatic rings. The lowest BCUT2D eigenvalue weighted by Gasteiger charge is -2.17. The van der Waals surface area contributed by atoms with Gasteiger partial charge >= 0.3 is 0 Å². The molecule has 0 saturated carbocycles. The van der Waals surface area contributed by atoms with Crippen molar-refractivity contribution < 1.29 is 9.59 Å². The van der Waals surface area contributed by atoms with Crippen molar-refractivity contribution in [3.63, 3.8) is 0 Å². The lowest BCUT2D eigenvalue weighted by atomic mass is 10.2. The predicted molar refractivity (Wildman–Crippen MR) is 94.6 cm³/mol. The number of aryl methyl sites for hydroxylation is 1. The Bertz CT molecular complexity index is 773. The highest BCUT2D eigenvalue weighted by atomic mass is 79.9. The Morgan fingerprint density at radius 1 is 1.22 bits per heavy atom. The van der Waals surface area contributed by atoms with Crippen molar-refractivity contribution in [2.24, 2.45) is 0 Å². The molecule has 1 aliphatic heterocycles. The summed E-state index contributed by atoms with van der Waals surface area (Å²) in [6.07, 6.45) is 0.689. The molecule has 5 heteroatoms. The Kier molecular flexibility index (Phi) is 4.48. The van der Waals surface area contributed by atoms with Crippen molar-refractivity contribution in [3.05, 3.63) is 58.1 Å². The van der Waals surface area contributed by atoms with Gasteiger partial charge in [-0.05, 0) is 42.7 Å². The molecule has 0 spiro atoms. The van der Waals surface area contributed by atoms with Crippen LogP contribution in [-0.4, -0.2) is 18.4 Å². The Morgan fingerprint density at radius 2 is 2.00 bits per heavy atom. The van der Waals surface area contributed by atoms with Crippen LogP contribution in [0, 0.1) is 6.92 Å². The highest BCUT2D eigenvalue weighted by molar-refractivity contribution is 9.10. The first-order chi connectivity index (χ1) is 11.0. The quantitative estimate of drug-likeness (QED) is 0.835. The number of halogens is 1. The Balaban J connectivity index is 1.64. The highest BCUT2D eigenvalue weighted by Gasteiger charge is 2.25. The van der Waals surface area contributed by atoms with Gasteiger partial charge in [0, 0.05) is 22.4 Å². The SMILES string of the molecule is Cc1ccc(NC(=O)CC(=O)N2CCc3ccccc32)cc1Br. The van der Waals surface area contributed by atoms with Crippen molar-refractivity contribution in [2.45, 2.75) is 19.8 Å². The molecule has 0 radical (unpaired) electrons. The maximum atomic E-state index is 12.4. The number of nitrogens with zero attached hydrogens (tertiary/aromatic N) is 1. The summed E-state index contributed by atoms with van der Waals surface area (Å²) in [5, 5.41) is 2.77. The average molecular weight is 373 g/mol. The number of para-hydroxylation sites is 1. The van der Waals surface area contributed by atoms with Crippen LogP contribution < -0.4 is 10.2 Å². The van der Waals surface area contributed by atoms with E-state index in [9.17, 15) is 9.59 Å². The summed E-state index contributed by atoms with van der Waals surface area (Å²) in [6, 6.07) is 13.4. The zero-order valence-corrected chi connectivity index (χ0v) is 14.4. The molecule has 3 rings (SSSR count). The van der Waals surface area contributed by atoms with Crippen molar-refractivity contribution in [2.75, 3.05) is 16.8 Å². The molecule has 0 aliphatic carbocycles. The number of anilines is 2. The van der Waals surface area contributed by atoms with Crippen LogP contribution in [0.5, 0.6) is 0 Å². The van der Waals surface area contributed by atoms with E-state index < -0.39 is 0 Å². The third-order valence-corrected chi connectivity index (χ3v) is 4.81. The molecule has 0 aromatic heterocycles. The zero-order chi connectivity index (χ0) is 16.4. The molecular weight excluding hydrogens is 356 g/mol. The fourth-order valence-corrected chi connectivity index (χ4v) is 3.08. The first kappa shape index (κ1) is 15.7. The first-order valence-electron chi connectivity index (χ1n) is 7.49. The summed E-state index contributed by atoms with van der Waals surface area (Å²) >= 11 is 3.43. The Morgan fingerprint density at radius 3 is 2.78 bits per heavy atom. The summed E-state index contributed by atoms with van der Waals surface area (Å²) in [7, 11) is 0. The Labute approximate surface area is 143 Å². The smallest absolute Gasteiger partial charge is 0.236 e. The van der Waals surface area contributed by atoms with E-state index in [-0.39, 0.29) is 18.2 Å². The lowest BCUT2D eigenvalue weighted by molar-refractivity contribution is -0.125. The number of amides is 2. The van der Waals surface area contributed by atoms with Crippen LogP contribution in [0.3, 0.4) is 0 Å². The summed E-state index contributed by atoms with van der Waals surface area (Å²) in [5.41, 5.74) is 3.85. The summed E-state index contributed by atoms with van der Waals surface area (Å²) in [5.74, 6) is -0.464. The third kappa shape index (κ3) is 3.45. The van der Waals surface area contributed by atoms with Gasteiger partial charge in [0.1, 0.15) is 6.42 Å². The zero-order valence-electron chi connectivity index (χ0n) is 12.8. The van der Waals surface area contributed by atoms with Crippen LogP contribution in [0.15, 0.2) is 46.9 Å². The van der Waals surface area contributed by atoms with E-state index >= 15 is 0 Å². The van der Waals surface area contributed by atoms with Gasteiger partial charge in [0.25, 0.3) is 0 Å². The van der Waals surface area contributed by atoms with Gasteiger partial charge in [-0.15, -0.1) is 0 Å². The van der Waals surface area contributed by atoms with Crippen LogP contribution in [0.25, 0.3) is 0 Å². The monoisotopic (exact) mass is 372 g/mol. The fourth-order valence-electron chi connectivity index (χ4n) is 2.71. The van der Waals surface area contributed by atoms with Crippen LogP contribution in [0.4, 0.5) is 11.4 Å². The summed E-state index contributed by atoms with van der Waals surface area (Å²) in [4.78, 5) is 26.2. The van der Waals surface area contributed by atoms with E-state index in [0.717, 1.165) is 27.7 Å². The molecule has 2 amide bonds. The van der Waals surface area contributed by atoms with Gasteiger partial charge in [0.05, 0.1) is 0 Å². The molecular formula is C18H17BrN2O2. The minimum Gasteiger partial charge on any atom is -0.326 e. The van der Waals surface area contributed by atoms with Crippen molar-refractivity contribution >= 4 is 39.1 Å².